The van der Waals surface area contributed by atoms with Crippen molar-refractivity contribution >= 4 is 16.2 Å². The quantitative estimate of drug-likeness (QED) is 0.442. The van der Waals surface area contributed by atoms with Gasteiger partial charge in [0.25, 0.3) is 5.91 Å². The summed E-state index contributed by atoms with van der Waals surface area (Å²) in [6.45, 7) is 0. The largest absolute Gasteiger partial charge is 0.412 e. The van der Waals surface area contributed by atoms with Gasteiger partial charge in [-0.05, 0) is 0 Å². The van der Waals surface area contributed by atoms with Crippen LogP contribution >= 0.6 is 0 Å². The van der Waals surface area contributed by atoms with Crippen molar-refractivity contribution in [2.24, 2.45) is 5.73 Å². The van der Waals surface area contributed by atoms with Crippen LogP contribution in [-0.4, -0.2) is 41.4 Å². The van der Waals surface area contributed by atoms with E-state index in [1.807, 2.05) is 0 Å². The Morgan fingerprint density at radius 1 is 1.43 bits per heavy atom. The van der Waals surface area contributed by atoms with Gasteiger partial charge in [0, 0.05) is 0 Å². The van der Waals surface area contributed by atoms with E-state index in [0.717, 1.165) is 0 Å². The van der Waals surface area contributed by atoms with Crippen molar-refractivity contribution in [3.63, 3.8) is 0 Å². The molecule has 2 atom stereocenters. The van der Waals surface area contributed by atoms with Crippen molar-refractivity contribution in [2.75, 3.05) is 0 Å². The third kappa shape index (κ3) is 1.55. The van der Waals surface area contributed by atoms with Gasteiger partial charge in [0.1, 0.15) is 6.04 Å². The summed E-state index contributed by atoms with van der Waals surface area (Å²) in [5, 5.41) is 0. The fraction of sp³-hybridized carbons (Fsp3) is 0.750. The van der Waals surface area contributed by atoms with E-state index >= 15 is 0 Å². The summed E-state index contributed by atoms with van der Waals surface area (Å²) in [5.41, 5.74) is 4.75. The second kappa shape index (κ2) is 2.81. The molecule has 0 saturated carbocycles. The van der Waals surface area contributed by atoms with Crippen LogP contribution in [0.25, 0.3) is 0 Å². The maximum Gasteiger partial charge on any atom is 0.412 e. The zero-order valence-corrected chi connectivity index (χ0v) is 7.21. The topological polar surface area (TPSA) is 101 Å². The van der Waals surface area contributed by atoms with E-state index in [1.165, 1.54) is 0 Å². The molecule has 1 amide bonds. The minimum absolute atomic E-state index is 0.683. The highest BCUT2D eigenvalue weighted by molar-refractivity contribution is 7.84. The summed E-state index contributed by atoms with van der Waals surface area (Å²) >= 11 is 0. The smallest absolute Gasteiger partial charge is 0.318 e. The Kier molecular flexibility index (Phi) is 2.25. The van der Waals surface area contributed by atoms with Crippen LogP contribution in [0.2, 0.25) is 0 Å². The van der Waals surface area contributed by atoms with E-state index in [-0.39, 0.29) is 0 Å². The average Bonchev–Trinajstić information content (AvgIpc) is 1.93. The first-order valence-corrected chi connectivity index (χ1v) is 4.59. The molecule has 0 aromatic carbocycles. The molecular weight excluding hydrogens is 229 g/mol. The van der Waals surface area contributed by atoms with Crippen LogP contribution < -0.4 is 5.73 Å². The molecule has 0 spiro atoms. The summed E-state index contributed by atoms with van der Waals surface area (Å²) in [6, 6.07) is -4.65. The highest BCUT2D eigenvalue weighted by Crippen LogP contribution is 2.35. The first-order valence-electron chi connectivity index (χ1n) is 3.20. The molecule has 1 aliphatic heterocycles. The van der Waals surface area contributed by atoms with Crippen molar-refractivity contribution < 1.29 is 30.9 Å². The van der Waals surface area contributed by atoms with E-state index in [1.54, 1.807) is 0 Å². The number of carbonyl (C=O) groups is 1. The van der Waals surface area contributed by atoms with E-state index in [2.05, 4.69) is 0 Å². The third-order valence-corrected chi connectivity index (χ3v) is 2.58. The van der Waals surface area contributed by atoms with Crippen LogP contribution in [0.1, 0.15) is 0 Å². The zero-order chi connectivity index (χ0) is 11.3. The predicted octanol–water partition coefficient (Wildman–Crippen LogP) is -1.11. The van der Waals surface area contributed by atoms with Crippen LogP contribution in [0, 0.1) is 0 Å². The molecule has 0 aromatic heterocycles. The maximum absolute atomic E-state index is 12.1. The standard InChI is InChI=1S/C4H5F3N2O4S/c5-4(6,7)2-1(8)3(10)9(2)14(11,12)13/h1-2H,8H2,(H,11,12,13). The Labute approximate surface area is 76.4 Å². The Hall–Kier alpha value is -0.870. The van der Waals surface area contributed by atoms with Gasteiger partial charge in [-0.25, -0.2) is 4.31 Å². The molecule has 1 rings (SSSR count). The van der Waals surface area contributed by atoms with Crippen LogP contribution in [0.5, 0.6) is 0 Å². The zero-order valence-electron chi connectivity index (χ0n) is 6.39. The molecule has 82 valence electrons. The number of carbonyl (C=O) groups excluding carboxylic acids is 1. The van der Waals surface area contributed by atoms with E-state index < -0.39 is 38.8 Å². The van der Waals surface area contributed by atoms with E-state index in [0.29, 0.717) is 0 Å². The van der Waals surface area contributed by atoms with E-state index in [9.17, 15) is 26.4 Å². The lowest BCUT2D eigenvalue weighted by Gasteiger charge is -2.42. The Morgan fingerprint density at radius 2 is 1.86 bits per heavy atom. The molecule has 14 heavy (non-hydrogen) atoms. The maximum atomic E-state index is 12.1. The fourth-order valence-electron chi connectivity index (χ4n) is 1.08. The Balaban J connectivity index is 3.04. The van der Waals surface area contributed by atoms with Crippen LogP contribution in [0.3, 0.4) is 0 Å². The number of hydrogen-bond donors (Lipinski definition) is 2. The lowest BCUT2D eigenvalue weighted by atomic mass is 10.00. The summed E-state index contributed by atoms with van der Waals surface area (Å²) < 4.78 is 64.4. The molecule has 2 unspecified atom stereocenters. The first-order chi connectivity index (χ1) is 6.07. The number of nitrogens with two attached hydrogens (primary N) is 1. The van der Waals surface area contributed by atoms with Gasteiger partial charge in [-0.3, -0.25) is 9.35 Å². The van der Waals surface area contributed by atoms with Gasteiger partial charge in [-0.2, -0.15) is 21.6 Å². The second-order valence-corrected chi connectivity index (χ2v) is 3.91. The highest BCUT2D eigenvalue weighted by Gasteiger charge is 2.63. The Bertz CT molecular complexity index is 363. The normalized spacial score (nSPS) is 28.9. The first kappa shape index (κ1) is 11.2. The van der Waals surface area contributed by atoms with Gasteiger partial charge < -0.3 is 5.73 Å². The molecular formula is C4H5F3N2O4S. The number of amides is 1. The van der Waals surface area contributed by atoms with Crippen LogP contribution in [0.4, 0.5) is 13.2 Å². The number of nitrogens with zero attached hydrogens (tertiary/aromatic N) is 1. The summed E-state index contributed by atoms with van der Waals surface area (Å²) in [7, 11) is -5.20. The molecule has 0 bridgehead atoms. The van der Waals surface area contributed by atoms with Crippen LogP contribution in [0.15, 0.2) is 0 Å². The number of alkyl halides is 3. The van der Waals surface area contributed by atoms with Gasteiger partial charge in [0.15, 0.2) is 6.04 Å². The number of halogens is 3. The minimum Gasteiger partial charge on any atom is -0.318 e. The van der Waals surface area contributed by atoms with Crippen molar-refractivity contribution in [2.45, 2.75) is 18.3 Å². The molecule has 10 heteroatoms. The third-order valence-electron chi connectivity index (χ3n) is 1.68. The fourth-order valence-corrected chi connectivity index (χ4v) is 1.96. The van der Waals surface area contributed by atoms with Gasteiger partial charge in [-0.15, -0.1) is 0 Å². The molecule has 0 aliphatic carbocycles. The van der Waals surface area contributed by atoms with Gasteiger partial charge in [0.05, 0.1) is 0 Å². The van der Waals surface area contributed by atoms with Crippen molar-refractivity contribution in [3.05, 3.63) is 0 Å². The van der Waals surface area contributed by atoms with Gasteiger partial charge in [-0.1, -0.05) is 0 Å². The SMILES string of the molecule is NC1C(=O)N(S(=O)(=O)O)C1C(F)(F)F. The molecule has 1 heterocycles. The minimum atomic E-state index is -5.20. The summed E-state index contributed by atoms with van der Waals surface area (Å²) in [5.74, 6) is -1.48. The molecule has 1 aliphatic rings. The lowest BCUT2D eigenvalue weighted by Crippen LogP contribution is -2.74. The van der Waals surface area contributed by atoms with Crippen LogP contribution in [-0.2, 0) is 15.1 Å². The van der Waals surface area contributed by atoms with Gasteiger partial charge in [0.2, 0.25) is 0 Å². The highest BCUT2D eigenvalue weighted by atomic mass is 32.2. The van der Waals surface area contributed by atoms with E-state index in [4.69, 9.17) is 10.3 Å². The number of β-lactam (4-membered cyclic amide) rings is 1. The summed E-state index contributed by atoms with van der Waals surface area (Å²) in [4.78, 5) is 10.6. The van der Waals surface area contributed by atoms with Crippen molar-refractivity contribution in [3.8, 4) is 0 Å². The molecule has 6 nitrogen and oxygen atoms in total. The number of rotatable bonds is 1. The van der Waals surface area contributed by atoms with Crippen molar-refractivity contribution in [1.29, 1.82) is 0 Å². The monoisotopic (exact) mass is 234 g/mol. The molecule has 0 radical (unpaired) electrons. The Morgan fingerprint density at radius 3 is 2.07 bits per heavy atom. The molecule has 3 N–H and O–H groups in total. The molecule has 1 fully saturated rings. The summed E-state index contributed by atoms with van der Waals surface area (Å²) in [6.07, 6.45) is -4.98. The second-order valence-electron chi connectivity index (χ2n) is 2.62. The lowest BCUT2D eigenvalue weighted by molar-refractivity contribution is -0.204. The number of hydrogen-bond acceptors (Lipinski definition) is 4. The van der Waals surface area contributed by atoms with Crippen molar-refractivity contribution in [1.82, 2.24) is 4.31 Å². The predicted molar refractivity (Wildman–Crippen MR) is 36.2 cm³/mol. The molecule has 0 aromatic rings. The molecule has 1 saturated heterocycles. The average molecular weight is 234 g/mol. The van der Waals surface area contributed by atoms with Gasteiger partial charge >= 0.3 is 16.5 Å².